The number of likely N-dealkylation sites (N-methyl/N-ethyl adjacent to an activating group) is 1. The SMILES string of the molecule is CCN(CCNCc1ccn[nH]1)C(C)C. The molecule has 0 aliphatic heterocycles. The van der Waals surface area contributed by atoms with Crippen molar-refractivity contribution in [2.45, 2.75) is 33.4 Å². The van der Waals surface area contributed by atoms with Gasteiger partial charge in [-0.2, -0.15) is 5.10 Å². The molecular weight excluding hydrogens is 188 g/mol. The Morgan fingerprint density at radius 2 is 2.33 bits per heavy atom. The molecule has 0 unspecified atom stereocenters. The van der Waals surface area contributed by atoms with Crippen molar-refractivity contribution < 1.29 is 0 Å². The average Bonchev–Trinajstić information content (AvgIpc) is 2.70. The lowest BCUT2D eigenvalue weighted by molar-refractivity contribution is 0.233. The predicted molar refractivity (Wildman–Crippen MR) is 62.7 cm³/mol. The third kappa shape index (κ3) is 4.44. The molecule has 0 aliphatic rings. The molecule has 0 fully saturated rings. The Morgan fingerprint density at radius 3 is 2.87 bits per heavy atom. The van der Waals surface area contributed by atoms with Gasteiger partial charge in [0, 0.05) is 37.6 Å². The fraction of sp³-hybridized carbons (Fsp3) is 0.727. The number of aromatic nitrogens is 2. The summed E-state index contributed by atoms with van der Waals surface area (Å²) in [5, 5.41) is 10.2. The molecule has 1 aromatic heterocycles. The van der Waals surface area contributed by atoms with Crippen LogP contribution in [0.1, 0.15) is 26.5 Å². The van der Waals surface area contributed by atoms with Gasteiger partial charge in [0.05, 0.1) is 0 Å². The highest BCUT2D eigenvalue weighted by Gasteiger charge is 2.05. The fourth-order valence-corrected chi connectivity index (χ4v) is 1.61. The summed E-state index contributed by atoms with van der Waals surface area (Å²) < 4.78 is 0. The highest BCUT2D eigenvalue weighted by Crippen LogP contribution is 1.96. The van der Waals surface area contributed by atoms with Gasteiger partial charge in [-0.15, -0.1) is 0 Å². The number of H-pyrrole nitrogens is 1. The summed E-state index contributed by atoms with van der Waals surface area (Å²) in [4.78, 5) is 2.44. The molecule has 15 heavy (non-hydrogen) atoms. The Hall–Kier alpha value is -0.870. The van der Waals surface area contributed by atoms with E-state index in [1.807, 2.05) is 6.07 Å². The third-order valence-electron chi connectivity index (χ3n) is 2.59. The minimum atomic E-state index is 0.629. The molecule has 0 aromatic carbocycles. The highest BCUT2D eigenvalue weighted by atomic mass is 15.2. The predicted octanol–water partition coefficient (Wildman–Crippen LogP) is 1.23. The topological polar surface area (TPSA) is 44.0 Å². The number of hydrogen-bond donors (Lipinski definition) is 2. The van der Waals surface area contributed by atoms with Crippen LogP contribution in [0.15, 0.2) is 12.3 Å². The van der Waals surface area contributed by atoms with Crippen LogP contribution in [-0.2, 0) is 6.54 Å². The van der Waals surface area contributed by atoms with Crippen LogP contribution >= 0.6 is 0 Å². The van der Waals surface area contributed by atoms with Crippen LogP contribution < -0.4 is 5.32 Å². The lowest BCUT2D eigenvalue weighted by Gasteiger charge is -2.24. The standard InChI is InChI=1S/C11H22N4/c1-4-15(10(2)3)8-7-12-9-11-5-6-13-14-11/h5-6,10,12H,4,7-9H2,1-3H3,(H,13,14). The zero-order valence-electron chi connectivity index (χ0n) is 9.95. The molecule has 0 atom stereocenters. The quantitative estimate of drug-likeness (QED) is 0.665. The smallest absolute Gasteiger partial charge is 0.0490 e. The number of nitrogens with zero attached hydrogens (tertiary/aromatic N) is 2. The molecule has 0 bridgehead atoms. The van der Waals surface area contributed by atoms with Gasteiger partial charge in [-0.25, -0.2) is 0 Å². The molecule has 0 aliphatic carbocycles. The largest absolute Gasteiger partial charge is 0.310 e. The zero-order valence-corrected chi connectivity index (χ0v) is 9.95. The molecular formula is C11H22N4. The van der Waals surface area contributed by atoms with E-state index in [4.69, 9.17) is 0 Å². The van der Waals surface area contributed by atoms with E-state index < -0.39 is 0 Å². The van der Waals surface area contributed by atoms with Crippen LogP contribution in [0.2, 0.25) is 0 Å². The van der Waals surface area contributed by atoms with Crippen LogP contribution in [-0.4, -0.2) is 40.8 Å². The van der Waals surface area contributed by atoms with Crippen LogP contribution in [0.4, 0.5) is 0 Å². The number of rotatable bonds is 7. The maximum absolute atomic E-state index is 3.91. The first-order valence-corrected chi connectivity index (χ1v) is 5.67. The Kier molecular flexibility index (Phi) is 5.36. The number of nitrogens with one attached hydrogen (secondary N) is 2. The lowest BCUT2D eigenvalue weighted by atomic mass is 10.3. The third-order valence-corrected chi connectivity index (χ3v) is 2.59. The van der Waals surface area contributed by atoms with Crippen LogP contribution in [0.3, 0.4) is 0 Å². The Bertz CT molecular complexity index is 243. The van der Waals surface area contributed by atoms with E-state index >= 15 is 0 Å². The molecule has 4 nitrogen and oxygen atoms in total. The summed E-state index contributed by atoms with van der Waals surface area (Å²) in [6, 6.07) is 2.62. The molecule has 0 saturated heterocycles. The zero-order chi connectivity index (χ0) is 11.1. The van der Waals surface area contributed by atoms with E-state index in [1.54, 1.807) is 6.20 Å². The first-order valence-electron chi connectivity index (χ1n) is 5.67. The molecule has 1 rings (SSSR count). The Morgan fingerprint density at radius 1 is 1.53 bits per heavy atom. The van der Waals surface area contributed by atoms with Crippen molar-refractivity contribution in [3.05, 3.63) is 18.0 Å². The molecule has 4 heteroatoms. The summed E-state index contributed by atoms with van der Waals surface area (Å²) in [7, 11) is 0. The second kappa shape index (κ2) is 6.58. The van der Waals surface area contributed by atoms with Crippen molar-refractivity contribution in [3.8, 4) is 0 Å². The monoisotopic (exact) mass is 210 g/mol. The van der Waals surface area contributed by atoms with Gasteiger partial charge >= 0.3 is 0 Å². The summed E-state index contributed by atoms with van der Waals surface area (Å²) in [5.74, 6) is 0. The van der Waals surface area contributed by atoms with Gasteiger partial charge in [-0.1, -0.05) is 6.92 Å². The van der Waals surface area contributed by atoms with Gasteiger partial charge in [-0.3, -0.25) is 10.00 Å². The summed E-state index contributed by atoms with van der Waals surface area (Å²) in [6.07, 6.45) is 1.78. The molecule has 0 amide bonds. The van der Waals surface area contributed by atoms with Crippen LogP contribution in [0.25, 0.3) is 0 Å². The molecule has 0 radical (unpaired) electrons. The molecule has 0 spiro atoms. The van der Waals surface area contributed by atoms with E-state index in [0.717, 1.165) is 31.9 Å². The lowest BCUT2D eigenvalue weighted by Crippen LogP contribution is -2.36. The molecule has 1 heterocycles. The van der Waals surface area contributed by atoms with Gasteiger partial charge in [0.2, 0.25) is 0 Å². The minimum absolute atomic E-state index is 0.629. The fourth-order valence-electron chi connectivity index (χ4n) is 1.61. The summed E-state index contributed by atoms with van der Waals surface area (Å²) in [5.41, 5.74) is 1.14. The Balaban J connectivity index is 2.10. The van der Waals surface area contributed by atoms with E-state index in [9.17, 15) is 0 Å². The maximum Gasteiger partial charge on any atom is 0.0490 e. The van der Waals surface area contributed by atoms with Crippen LogP contribution in [0.5, 0.6) is 0 Å². The van der Waals surface area contributed by atoms with Gasteiger partial charge in [-0.05, 0) is 26.5 Å². The van der Waals surface area contributed by atoms with Crippen molar-refractivity contribution in [1.82, 2.24) is 20.4 Å². The van der Waals surface area contributed by atoms with E-state index in [-0.39, 0.29) is 0 Å². The summed E-state index contributed by atoms with van der Waals surface area (Å²) in [6.45, 7) is 10.8. The summed E-state index contributed by atoms with van der Waals surface area (Å²) >= 11 is 0. The van der Waals surface area contributed by atoms with E-state index in [2.05, 4.69) is 41.2 Å². The Labute approximate surface area is 92.1 Å². The number of hydrogen-bond acceptors (Lipinski definition) is 3. The van der Waals surface area contributed by atoms with Crippen molar-refractivity contribution in [3.63, 3.8) is 0 Å². The molecule has 0 saturated carbocycles. The second-order valence-electron chi connectivity index (χ2n) is 3.98. The van der Waals surface area contributed by atoms with Gasteiger partial charge < -0.3 is 5.32 Å². The molecule has 1 aromatic rings. The van der Waals surface area contributed by atoms with Gasteiger partial charge in [0.1, 0.15) is 0 Å². The van der Waals surface area contributed by atoms with Gasteiger partial charge in [0.15, 0.2) is 0 Å². The molecule has 86 valence electrons. The minimum Gasteiger partial charge on any atom is -0.310 e. The average molecular weight is 210 g/mol. The van der Waals surface area contributed by atoms with E-state index in [0.29, 0.717) is 6.04 Å². The number of aromatic amines is 1. The van der Waals surface area contributed by atoms with Crippen molar-refractivity contribution >= 4 is 0 Å². The van der Waals surface area contributed by atoms with Crippen molar-refractivity contribution in [1.29, 1.82) is 0 Å². The first-order chi connectivity index (χ1) is 7.24. The van der Waals surface area contributed by atoms with Crippen LogP contribution in [0, 0.1) is 0 Å². The van der Waals surface area contributed by atoms with E-state index in [1.165, 1.54) is 0 Å². The van der Waals surface area contributed by atoms with Crippen molar-refractivity contribution in [2.24, 2.45) is 0 Å². The second-order valence-corrected chi connectivity index (χ2v) is 3.98. The molecule has 2 N–H and O–H groups in total. The van der Waals surface area contributed by atoms with Gasteiger partial charge in [0.25, 0.3) is 0 Å². The maximum atomic E-state index is 3.91. The highest BCUT2D eigenvalue weighted by molar-refractivity contribution is 4.96. The normalized spacial score (nSPS) is 11.5. The first kappa shape index (κ1) is 12.2. The van der Waals surface area contributed by atoms with Crippen molar-refractivity contribution in [2.75, 3.05) is 19.6 Å².